The fourth-order valence-corrected chi connectivity index (χ4v) is 3.39. The summed E-state index contributed by atoms with van der Waals surface area (Å²) in [5.41, 5.74) is 0.741. The molecule has 2 rings (SSSR count). The summed E-state index contributed by atoms with van der Waals surface area (Å²) in [5, 5.41) is 2.85. The number of aryl methyl sites for hydroxylation is 1. The van der Waals surface area contributed by atoms with Crippen molar-refractivity contribution in [2.24, 2.45) is 0 Å². The van der Waals surface area contributed by atoms with Gasteiger partial charge in [-0.05, 0) is 46.1 Å². The molecule has 0 aliphatic heterocycles. The molecular weight excluding hydrogens is 324 g/mol. The number of hydrogen-bond acceptors (Lipinski definition) is 5. The van der Waals surface area contributed by atoms with Crippen LogP contribution in [0, 0.1) is 13.8 Å². The molecule has 0 spiro atoms. The summed E-state index contributed by atoms with van der Waals surface area (Å²) in [5.74, 6) is -1.27. The zero-order valence-electron chi connectivity index (χ0n) is 15.3. The van der Waals surface area contributed by atoms with Crippen LogP contribution in [0.25, 0.3) is 0 Å². The number of rotatable bonds is 6. The van der Waals surface area contributed by atoms with E-state index in [-0.39, 0.29) is 18.9 Å². The van der Waals surface area contributed by atoms with E-state index >= 15 is 0 Å². The lowest BCUT2D eigenvalue weighted by molar-refractivity contribution is -0.150. The number of hydrogen-bond donors (Lipinski definition) is 2. The summed E-state index contributed by atoms with van der Waals surface area (Å²) in [7, 11) is 0. The third-order valence-electron chi connectivity index (χ3n) is 4.62. The van der Waals surface area contributed by atoms with Crippen LogP contribution in [-0.2, 0) is 14.3 Å². The third kappa shape index (κ3) is 3.70. The first kappa shape index (κ1) is 19.0. The van der Waals surface area contributed by atoms with Crippen LogP contribution in [0.1, 0.15) is 71.6 Å². The molecule has 0 radical (unpaired) electrons. The number of aromatic amines is 1. The summed E-state index contributed by atoms with van der Waals surface area (Å²) in [6, 6.07) is 0. The Morgan fingerprint density at radius 2 is 1.68 bits per heavy atom. The van der Waals surface area contributed by atoms with Gasteiger partial charge < -0.3 is 19.8 Å². The third-order valence-corrected chi connectivity index (χ3v) is 4.62. The van der Waals surface area contributed by atoms with E-state index in [1.54, 1.807) is 27.7 Å². The van der Waals surface area contributed by atoms with E-state index < -0.39 is 23.4 Å². The van der Waals surface area contributed by atoms with Gasteiger partial charge in [-0.25, -0.2) is 9.59 Å². The number of ether oxygens (including phenoxy) is 2. The standard InChI is InChI=1S/C18H26N2O5/c1-5-24-16(22)13-11(3)14(19-12(13)4)15(21)20-18(9-7-8-10-18)17(23)25-6-2/h19H,5-10H2,1-4H3,(H,20,21). The van der Waals surface area contributed by atoms with Crippen molar-refractivity contribution in [1.29, 1.82) is 0 Å². The molecule has 0 bridgehead atoms. The van der Waals surface area contributed by atoms with E-state index in [1.165, 1.54) is 0 Å². The lowest BCUT2D eigenvalue weighted by Crippen LogP contribution is -2.53. The fourth-order valence-electron chi connectivity index (χ4n) is 3.39. The van der Waals surface area contributed by atoms with Crippen molar-refractivity contribution in [2.75, 3.05) is 13.2 Å². The van der Waals surface area contributed by atoms with Gasteiger partial charge >= 0.3 is 11.9 Å². The van der Waals surface area contributed by atoms with Crippen LogP contribution < -0.4 is 5.32 Å². The van der Waals surface area contributed by atoms with Gasteiger partial charge in [0.25, 0.3) is 5.91 Å². The fraction of sp³-hybridized carbons (Fsp3) is 0.611. The Balaban J connectivity index is 2.27. The minimum absolute atomic E-state index is 0.260. The van der Waals surface area contributed by atoms with Crippen LogP contribution in [0.5, 0.6) is 0 Å². The minimum atomic E-state index is -0.983. The molecule has 7 heteroatoms. The van der Waals surface area contributed by atoms with Crippen molar-refractivity contribution in [1.82, 2.24) is 10.3 Å². The van der Waals surface area contributed by atoms with Crippen molar-refractivity contribution in [3.05, 3.63) is 22.5 Å². The van der Waals surface area contributed by atoms with E-state index in [9.17, 15) is 14.4 Å². The maximum atomic E-state index is 12.8. The highest BCUT2D eigenvalue weighted by atomic mass is 16.5. The van der Waals surface area contributed by atoms with Crippen LogP contribution in [0.4, 0.5) is 0 Å². The normalized spacial score (nSPS) is 15.7. The molecule has 0 unspecified atom stereocenters. The second-order valence-corrected chi connectivity index (χ2v) is 6.31. The lowest BCUT2D eigenvalue weighted by atomic mass is 9.97. The average molecular weight is 350 g/mol. The average Bonchev–Trinajstić information content (AvgIpc) is 3.13. The van der Waals surface area contributed by atoms with Gasteiger partial charge in [-0.15, -0.1) is 0 Å². The largest absolute Gasteiger partial charge is 0.464 e. The SMILES string of the molecule is CCOC(=O)c1c(C)[nH]c(C(=O)NC2(C(=O)OCC)CCCC2)c1C. The van der Waals surface area contributed by atoms with E-state index in [4.69, 9.17) is 9.47 Å². The summed E-state index contributed by atoms with van der Waals surface area (Å²) in [4.78, 5) is 40.2. The molecule has 1 aromatic rings. The van der Waals surface area contributed by atoms with E-state index in [0.29, 0.717) is 29.7 Å². The van der Waals surface area contributed by atoms with Gasteiger partial charge in [0.1, 0.15) is 11.2 Å². The summed E-state index contributed by atoms with van der Waals surface area (Å²) < 4.78 is 10.2. The second kappa shape index (κ2) is 7.72. The molecule has 138 valence electrons. The van der Waals surface area contributed by atoms with Crippen molar-refractivity contribution in [2.45, 2.75) is 58.9 Å². The van der Waals surface area contributed by atoms with Gasteiger partial charge in [-0.3, -0.25) is 4.79 Å². The quantitative estimate of drug-likeness (QED) is 0.768. The molecule has 7 nitrogen and oxygen atoms in total. The number of carbonyl (C=O) groups excluding carboxylic acids is 3. The van der Waals surface area contributed by atoms with Gasteiger partial charge in [0.05, 0.1) is 18.8 Å². The number of H-pyrrole nitrogens is 1. The molecule has 25 heavy (non-hydrogen) atoms. The Bertz CT molecular complexity index is 671. The molecule has 0 atom stereocenters. The molecule has 0 saturated heterocycles. The lowest BCUT2D eigenvalue weighted by Gasteiger charge is -2.27. The molecule has 2 N–H and O–H groups in total. The molecule has 1 aromatic heterocycles. The Labute approximate surface area is 147 Å². The first-order valence-corrected chi connectivity index (χ1v) is 8.72. The van der Waals surface area contributed by atoms with Gasteiger partial charge in [-0.2, -0.15) is 0 Å². The van der Waals surface area contributed by atoms with Crippen LogP contribution in [-0.4, -0.2) is 41.6 Å². The number of aromatic nitrogens is 1. The molecule has 0 aromatic carbocycles. The van der Waals surface area contributed by atoms with Gasteiger partial charge in [0.15, 0.2) is 0 Å². The number of amides is 1. The monoisotopic (exact) mass is 350 g/mol. The zero-order valence-corrected chi connectivity index (χ0v) is 15.3. The molecule has 1 aliphatic rings. The van der Waals surface area contributed by atoms with Gasteiger partial charge in [0, 0.05) is 5.69 Å². The zero-order chi connectivity index (χ0) is 18.6. The van der Waals surface area contributed by atoms with E-state index in [0.717, 1.165) is 12.8 Å². The maximum Gasteiger partial charge on any atom is 0.340 e. The minimum Gasteiger partial charge on any atom is -0.464 e. The summed E-state index contributed by atoms with van der Waals surface area (Å²) >= 11 is 0. The van der Waals surface area contributed by atoms with Crippen LogP contribution in [0.3, 0.4) is 0 Å². The van der Waals surface area contributed by atoms with Gasteiger partial charge in [0.2, 0.25) is 0 Å². The Morgan fingerprint density at radius 1 is 1.08 bits per heavy atom. The molecular formula is C18H26N2O5. The molecule has 1 fully saturated rings. The topological polar surface area (TPSA) is 97.5 Å². The second-order valence-electron chi connectivity index (χ2n) is 6.31. The Kier molecular flexibility index (Phi) is 5.87. The maximum absolute atomic E-state index is 12.8. The van der Waals surface area contributed by atoms with Crippen molar-refractivity contribution in [3.8, 4) is 0 Å². The Hall–Kier alpha value is -2.31. The first-order valence-electron chi connectivity index (χ1n) is 8.72. The highest BCUT2D eigenvalue weighted by Gasteiger charge is 2.44. The van der Waals surface area contributed by atoms with Crippen LogP contribution in [0.2, 0.25) is 0 Å². The van der Waals surface area contributed by atoms with E-state index in [1.807, 2.05) is 0 Å². The molecule has 1 aliphatic carbocycles. The summed E-state index contributed by atoms with van der Waals surface area (Å²) in [6.07, 6.45) is 2.83. The van der Waals surface area contributed by atoms with Crippen LogP contribution >= 0.6 is 0 Å². The molecule has 1 amide bonds. The summed E-state index contributed by atoms with van der Waals surface area (Å²) in [6.45, 7) is 7.40. The smallest absolute Gasteiger partial charge is 0.340 e. The predicted octanol–water partition coefficient (Wildman–Crippen LogP) is 2.41. The molecule has 1 saturated carbocycles. The number of carbonyl (C=O) groups is 3. The highest BCUT2D eigenvalue weighted by molar-refractivity contribution is 6.02. The van der Waals surface area contributed by atoms with Crippen LogP contribution in [0.15, 0.2) is 0 Å². The predicted molar refractivity (Wildman–Crippen MR) is 91.5 cm³/mol. The number of esters is 2. The first-order chi connectivity index (χ1) is 11.9. The Morgan fingerprint density at radius 3 is 2.24 bits per heavy atom. The van der Waals surface area contributed by atoms with Crippen molar-refractivity contribution < 1.29 is 23.9 Å². The van der Waals surface area contributed by atoms with Gasteiger partial charge in [-0.1, -0.05) is 12.8 Å². The molecule has 1 heterocycles. The van der Waals surface area contributed by atoms with Crippen molar-refractivity contribution >= 4 is 17.8 Å². The number of nitrogens with one attached hydrogen (secondary N) is 2. The highest BCUT2D eigenvalue weighted by Crippen LogP contribution is 2.31. The van der Waals surface area contributed by atoms with E-state index in [2.05, 4.69) is 10.3 Å². The van der Waals surface area contributed by atoms with Crippen molar-refractivity contribution in [3.63, 3.8) is 0 Å².